The fourth-order valence-electron chi connectivity index (χ4n) is 4.65. The second-order valence-corrected chi connectivity index (χ2v) is 8.78. The van der Waals surface area contributed by atoms with Crippen molar-refractivity contribution < 1.29 is 19.0 Å². The molecule has 0 aliphatic carbocycles. The van der Waals surface area contributed by atoms with Gasteiger partial charge in [-0.2, -0.15) is 0 Å². The zero-order valence-electron chi connectivity index (χ0n) is 18.7. The van der Waals surface area contributed by atoms with Gasteiger partial charge in [0.25, 0.3) is 0 Å². The third kappa shape index (κ3) is 4.46. The summed E-state index contributed by atoms with van der Waals surface area (Å²) in [6.45, 7) is 4.90. The lowest BCUT2D eigenvalue weighted by Crippen LogP contribution is -2.49. The van der Waals surface area contributed by atoms with Gasteiger partial charge in [0, 0.05) is 36.7 Å². The van der Waals surface area contributed by atoms with E-state index in [2.05, 4.69) is 24.0 Å². The van der Waals surface area contributed by atoms with Gasteiger partial charge in [-0.1, -0.05) is 42.5 Å². The van der Waals surface area contributed by atoms with Gasteiger partial charge in [0.2, 0.25) is 0 Å². The molecule has 5 heteroatoms. The Kier molecular flexibility index (Phi) is 6.05. The highest BCUT2D eigenvalue weighted by atomic mass is 19.1. The average molecular weight is 446 g/mol. The molecule has 170 valence electrons. The quantitative estimate of drug-likeness (QED) is 0.504. The molecule has 3 aromatic rings. The molecule has 0 bridgehead atoms. The Hall–Kier alpha value is -3.31. The largest absolute Gasteiger partial charge is 0.508 e. The maximum absolute atomic E-state index is 12.6. The van der Waals surface area contributed by atoms with Gasteiger partial charge in [-0.25, -0.2) is 0 Å². The summed E-state index contributed by atoms with van der Waals surface area (Å²) in [4.78, 5) is 2.21. The van der Waals surface area contributed by atoms with E-state index in [0.717, 1.165) is 59.0 Å². The predicted molar refractivity (Wildman–Crippen MR) is 128 cm³/mol. The van der Waals surface area contributed by atoms with Gasteiger partial charge in [-0.15, -0.1) is 0 Å². The smallest absolute Gasteiger partial charge is 0.150 e. The zero-order chi connectivity index (χ0) is 22.8. The lowest BCUT2D eigenvalue weighted by molar-refractivity contribution is 0.0668. The number of fused-ring (bicyclic) bond motifs is 1. The first-order valence-corrected chi connectivity index (χ1v) is 11.4. The average Bonchev–Trinajstić information content (AvgIpc) is 2.82. The molecule has 0 unspecified atom stereocenters. The molecular weight excluding hydrogens is 417 g/mol. The van der Waals surface area contributed by atoms with Crippen LogP contribution in [0.25, 0.3) is 11.1 Å². The highest BCUT2D eigenvalue weighted by Gasteiger charge is 2.29. The number of benzene rings is 3. The van der Waals surface area contributed by atoms with Crippen molar-refractivity contribution >= 4 is 11.1 Å². The molecule has 1 fully saturated rings. The van der Waals surface area contributed by atoms with Crippen LogP contribution in [0.3, 0.4) is 0 Å². The number of halogens is 1. The third-order valence-corrected chi connectivity index (χ3v) is 6.47. The maximum atomic E-state index is 12.6. The van der Waals surface area contributed by atoms with Crippen molar-refractivity contribution in [1.29, 1.82) is 0 Å². The van der Waals surface area contributed by atoms with E-state index in [4.69, 9.17) is 9.47 Å². The number of phenolic OH excluding ortho intramolecular Hbond substituents is 1. The van der Waals surface area contributed by atoms with E-state index in [1.807, 2.05) is 48.5 Å². The Balaban J connectivity index is 1.36. The van der Waals surface area contributed by atoms with Crippen LogP contribution in [-0.2, 0) is 0 Å². The monoisotopic (exact) mass is 445 g/mol. The molecule has 1 atom stereocenters. The van der Waals surface area contributed by atoms with Crippen molar-refractivity contribution in [2.45, 2.75) is 13.0 Å². The van der Waals surface area contributed by atoms with Gasteiger partial charge < -0.3 is 14.6 Å². The topological polar surface area (TPSA) is 41.9 Å². The summed E-state index contributed by atoms with van der Waals surface area (Å²) in [5.41, 5.74) is 5.21. The first-order chi connectivity index (χ1) is 16.1. The number of likely N-dealkylation sites (tertiary alicyclic amines) is 1. The maximum Gasteiger partial charge on any atom is 0.150 e. The van der Waals surface area contributed by atoms with Crippen LogP contribution in [0.15, 0.2) is 72.8 Å². The highest BCUT2D eigenvalue weighted by Crippen LogP contribution is 2.47. The molecule has 0 spiro atoms. The van der Waals surface area contributed by atoms with E-state index in [1.54, 1.807) is 12.1 Å². The van der Waals surface area contributed by atoms with Crippen LogP contribution in [0.1, 0.15) is 29.7 Å². The molecule has 33 heavy (non-hydrogen) atoms. The first-order valence-electron chi connectivity index (χ1n) is 11.4. The van der Waals surface area contributed by atoms with E-state index in [-0.39, 0.29) is 24.4 Å². The Morgan fingerprint density at radius 1 is 1.03 bits per heavy atom. The van der Waals surface area contributed by atoms with Crippen LogP contribution in [0.2, 0.25) is 0 Å². The molecule has 0 saturated carbocycles. The Morgan fingerprint density at radius 3 is 2.52 bits per heavy atom. The lowest BCUT2D eigenvalue weighted by atomic mass is 9.86. The molecule has 0 aromatic heterocycles. The summed E-state index contributed by atoms with van der Waals surface area (Å²) >= 11 is 0. The third-order valence-electron chi connectivity index (χ3n) is 6.47. The van der Waals surface area contributed by atoms with Crippen LogP contribution < -0.4 is 9.47 Å². The van der Waals surface area contributed by atoms with Crippen molar-refractivity contribution in [2.24, 2.45) is 5.92 Å². The SMILES string of the molecule is CC1=C(c2ccccc2)[C@@H](c2ccc(OCCN3CC(CF)C3)cc2)Oc2ccc(O)cc21. The number of ether oxygens (including phenoxy) is 2. The second kappa shape index (κ2) is 9.28. The summed E-state index contributed by atoms with van der Waals surface area (Å²) in [6, 6.07) is 23.5. The van der Waals surface area contributed by atoms with Crippen molar-refractivity contribution in [2.75, 3.05) is 32.9 Å². The van der Waals surface area contributed by atoms with Gasteiger partial charge in [-0.3, -0.25) is 9.29 Å². The van der Waals surface area contributed by atoms with Crippen LogP contribution in [-0.4, -0.2) is 42.9 Å². The summed E-state index contributed by atoms with van der Waals surface area (Å²) in [5.74, 6) is 1.99. The standard InChI is InChI=1S/C28H28FNO3/c1-19-25-15-23(31)9-12-26(25)33-28(27(19)21-5-3-2-4-6-21)22-7-10-24(11-8-22)32-14-13-30-17-20(16-29)18-30/h2-12,15,20,28,31H,13-14,16-18H2,1H3/t28-/m1/s1. The van der Waals surface area contributed by atoms with Crippen molar-refractivity contribution in [3.8, 4) is 17.2 Å². The summed E-state index contributed by atoms with van der Waals surface area (Å²) in [6.07, 6.45) is -0.266. The van der Waals surface area contributed by atoms with Crippen LogP contribution >= 0.6 is 0 Å². The summed E-state index contributed by atoms with van der Waals surface area (Å²) in [7, 11) is 0. The molecular formula is C28H28FNO3. The van der Waals surface area contributed by atoms with Crippen molar-refractivity contribution in [3.63, 3.8) is 0 Å². The van der Waals surface area contributed by atoms with Gasteiger partial charge >= 0.3 is 0 Å². The summed E-state index contributed by atoms with van der Waals surface area (Å²) < 4.78 is 24.9. The summed E-state index contributed by atoms with van der Waals surface area (Å²) in [5, 5.41) is 10.0. The number of rotatable bonds is 7. The normalized spacial score (nSPS) is 18.4. The Labute approximate surface area is 193 Å². The van der Waals surface area contributed by atoms with E-state index < -0.39 is 0 Å². The fraction of sp³-hybridized carbons (Fsp3) is 0.286. The minimum atomic E-state index is -0.266. The molecule has 4 nitrogen and oxygen atoms in total. The second-order valence-electron chi connectivity index (χ2n) is 8.78. The number of hydrogen-bond acceptors (Lipinski definition) is 4. The van der Waals surface area contributed by atoms with E-state index in [1.165, 1.54) is 0 Å². The molecule has 2 heterocycles. The van der Waals surface area contributed by atoms with Crippen molar-refractivity contribution in [3.05, 3.63) is 89.5 Å². The van der Waals surface area contributed by atoms with Crippen LogP contribution in [0, 0.1) is 5.92 Å². The van der Waals surface area contributed by atoms with Gasteiger partial charge in [0.15, 0.2) is 0 Å². The van der Waals surface area contributed by atoms with Gasteiger partial charge in [0.05, 0.1) is 6.67 Å². The van der Waals surface area contributed by atoms with E-state index in [0.29, 0.717) is 6.61 Å². The van der Waals surface area contributed by atoms with Gasteiger partial charge in [0.1, 0.15) is 30.0 Å². The Bertz CT molecular complexity index is 1140. The molecule has 3 aromatic carbocycles. The first kappa shape index (κ1) is 21.5. The molecule has 2 aliphatic heterocycles. The number of aromatic hydroxyl groups is 1. The Morgan fingerprint density at radius 2 is 1.79 bits per heavy atom. The molecule has 5 rings (SSSR count). The molecule has 1 saturated heterocycles. The lowest BCUT2D eigenvalue weighted by Gasteiger charge is -2.37. The molecule has 0 radical (unpaired) electrons. The van der Waals surface area contributed by atoms with E-state index in [9.17, 15) is 9.50 Å². The number of alkyl halides is 1. The zero-order valence-corrected chi connectivity index (χ0v) is 18.7. The molecule has 1 N–H and O–H groups in total. The van der Waals surface area contributed by atoms with E-state index >= 15 is 0 Å². The fourth-order valence-corrected chi connectivity index (χ4v) is 4.65. The number of nitrogens with zero attached hydrogens (tertiary/aromatic N) is 1. The van der Waals surface area contributed by atoms with Gasteiger partial charge in [-0.05, 0) is 54.0 Å². The molecule has 2 aliphatic rings. The number of hydrogen-bond donors (Lipinski definition) is 1. The predicted octanol–water partition coefficient (Wildman–Crippen LogP) is 5.74. The van der Waals surface area contributed by atoms with Crippen LogP contribution in [0.4, 0.5) is 4.39 Å². The molecule has 0 amide bonds. The number of allylic oxidation sites excluding steroid dienone is 1. The highest BCUT2D eigenvalue weighted by molar-refractivity contribution is 5.95. The van der Waals surface area contributed by atoms with Crippen molar-refractivity contribution in [1.82, 2.24) is 4.90 Å². The minimum Gasteiger partial charge on any atom is -0.508 e. The van der Waals surface area contributed by atoms with Crippen LogP contribution in [0.5, 0.6) is 17.2 Å². The number of phenols is 1. The minimum absolute atomic E-state index is 0.198.